The monoisotopic (exact) mass is 329 g/mol. The molecule has 0 saturated heterocycles. The first-order valence-electron chi connectivity index (χ1n) is 8.10. The van der Waals surface area contributed by atoms with Crippen LogP contribution in [0.15, 0.2) is 24.3 Å². The fourth-order valence-electron chi connectivity index (χ4n) is 2.85. The van der Waals surface area contributed by atoms with Gasteiger partial charge in [-0.25, -0.2) is 4.79 Å². The van der Waals surface area contributed by atoms with Gasteiger partial charge >= 0.3 is 6.03 Å². The summed E-state index contributed by atoms with van der Waals surface area (Å²) < 4.78 is 6.87. The maximum absolute atomic E-state index is 12.1. The van der Waals surface area contributed by atoms with Crippen LogP contribution in [0.5, 0.6) is 5.75 Å². The van der Waals surface area contributed by atoms with E-state index >= 15 is 0 Å². The topological polar surface area (TPSA) is 80.2 Å². The first kappa shape index (κ1) is 16.3. The highest BCUT2D eigenvalue weighted by Gasteiger charge is 2.20. The molecule has 3 N–H and O–H groups in total. The third-order valence-electron chi connectivity index (χ3n) is 4.16. The average molecular weight is 329 g/mol. The van der Waals surface area contributed by atoms with Crippen molar-refractivity contribution in [3.63, 3.8) is 0 Å². The fourth-order valence-corrected chi connectivity index (χ4v) is 2.85. The number of benzene rings is 1. The summed E-state index contributed by atoms with van der Waals surface area (Å²) in [5.74, 6) is 1.60. The third-order valence-corrected chi connectivity index (χ3v) is 4.16. The molecule has 1 aliphatic heterocycles. The van der Waals surface area contributed by atoms with Crippen LogP contribution in [0, 0.1) is 0 Å². The molecule has 0 unspecified atom stereocenters. The maximum Gasteiger partial charge on any atom is 0.320 e. The summed E-state index contributed by atoms with van der Waals surface area (Å²) in [6.07, 6.45) is 1.66. The van der Waals surface area contributed by atoms with Crippen LogP contribution in [0.25, 0.3) is 0 Å². The number of rotatable bonds is 5. The van der Waals surface area contributed by atoms with Crippen molar-refractivity contribution < 1.29 is 9.53 Å². The van der Waals surface area contributed by atoms with Crippen LogP contribution >= 0.6 is 0 Å². The van der Waals surface area contributed by atoms with E-state index in [9.17, 15) is 4.79 Å². The Balaban J connectivity index is 1.51. The van der Waals surface area contributed by atoms with Crippen LogP contribution in [0.1, 0.15) is 16.8 Å². The smallest absolute Gasteiger partial charge is 0.320 e. The number of hydrogen-bond acceptors (Lipinski definition) is 4. The van der Waals surface area contributed by atoms with Gasteiger partial charge in [-0.2, -0.15) is 5.10 Å². The van der Waals surface area contributed by atoms with E-state index in [1.807, 2.05) is 31.3 Å². The van der Waals surface area contributed by atoms with Gasteiger partial charge in [0, 0.05) is 38.7 Å². The lowest BCUT2D eigenvalue weighted by Crippen LogP contribution is -2.32. The predicted octanol–water partition coefficient (Wildman–Crippen LogP) is 1.44. The molecule has 3 rings (SSSR count). The average Bonchev–Trinajstić information content (AvgIpc) is 2.91. The number of ether oxygens (including phenoxy) is 1. The number of aromatic nitrogens is 2. The number of aryl methyl sites for hydroxylation is 1. The van der Waals surface area contributed by atoms with E-state index in [2.05, 4.69) is 21.0 Å². The Hall–Kier alpha value is -2.54. The Morgan fingerprint density at radius 1 is 1.38 bits per heavy atom. The molecule has 24 heavy (non-hydrogen) atoms. The summed E-state index contributed by atoms with van der Waals surface area (Å²) in [7, 11) is 3.50. The number of anilines is 1. The summed E-state index contributed by atoms with van der Waals surface area (Å²) in [5.41, 5.74) is 3.29. The van der Waals surface area contributed by atoms with Gasteiger partial charge in [-0.3, -0.25) is 10.00 Å². The van der Waals surface area contributed by atoms with Crippen molar-refractivity contribution in [3.8, 4) is 5.75 Å². The van der Waals surface area contributed by atoms with Gasteiger partial charge in [-0.1, -0.05) is 12.1 Å². The zero-order valence-corrected chi connectivity index (χ0v) is 14.1. The minimum Gasteiger partial charge on any atom is -0.497 e. The number of carbonyl (C=O) groups is 1. The van der Waals surface area contributed by atoms with E-state index in [1.54, 1.807) is 11.8 Å². The lowest BCUT2D eigenvalue weighted by atomic mass is 10.1. The van der Waals surface area contributed by atoms with E-state index in [1.165, 1.54) is 0 Å². The van der Waals surface area contributed by atoms with Crippen molar-refractivity contribution in [2.75, 3.05) is 25.5 Å². The number of carbonyl (C=O) groups excluding carboxylic acids is 1. The van der Waals surface area contributed by atoms with E-state index in [0.717, 1.165) is 54.3 Å². The van der Waals surface area contributed by atoms with Crippen LogP contribution in [-0.2, 0) is 26.4 Å². The molecule has 1 aromatic heterocycles. The number of hydrogen-bond donors (Lipinski definition) is 3. The maximum atomic E-state index is 12.1. The first-order valence-corrected chi connectivity index (χ1v) is 8.10. The molecule has 0 aliphatic carbocycles. The fraction of sp³-hybridized carbons (Fsp3) is 0.412. The Kier molecular flexibility index (Phi) is 5.00. The number of methoxy groups -OCH3 is 1. The predicted molar refractivity (Wildman–Crippen MR) is 92.3 cm³/mol. The highest BCUT2D eigenvalue weighted by atomic mass is 16.5. The number of nitrogens with zero attached hydrogens (tertiary/aromatic N) is 2. The van der Waals surface area contributed by atoms with Crippen molar-refractivity contribution in [3.05, 3.63) is 41.1 Å². The van der Waals surface area contributed by atoms with Crippen molar-refractivity contribution in [2.24, 2.45) is 7.05 Å². The number of nitrogens with one attached hydrogen (secondary N) is 3. The molecule has 1 aliphatic rings. The van der Waals surface area contributed by atoms with Gasteiger partial charge in [0.25, 0.3) is 0 Å². The van der Waals surface area contributed by atoms with Gasteiger partial charge in [0.15, 0.2) is 0 Å². The zero-order chi connectivity index (χ0) is 16.9. The normalized spacial score (nSPS) is 13.2. The van der Waals surface area contributed by atoms with E-state index in [-0.39, 0.29) is 6.03 Å². The number of amides is 2. The Morgan fingerprint density at radius 2 is 2.17 bits per heavy atom. The molecule has 1 aromatic carbocycles. The number of urea groups is 1. The first-order chi connectivity index (χ1) is 11.7. The second-order valence-electron chi connectivity index (χ2n) is 5.80. The van der Waals surface area contributed by atoms with Crippen LogP contribution in [0.3, 0.4) is 0 Å². The van der Waals surface area contributed by atoms with Crippen LogP contribution in [0.2, 0.25) is 0 Å². The second-order valence-corrected chi connectivity index (χ2v) is 5.80. The SMILES string of the molecule is COc1ccc(CCNC(=O)Nc2c3c(nn2C)CCNC3)cc1. The van der Waals surface area contributed by atoms with Crippen molar-refractivity contribution in [2.45, 2.75) is 19.4 Å². The molecular formula is C17H23N5O2. The van der Waals surface area contributed by atoms with Crippen LogP contribution in [0.4, 0.5) is 10.6 Å². The molecule has 2 aromatic rings. The minimum absolute atomic E-state index is 0.208. The van der Waals surface area contributed by atoms with E-state index < -0.39 is 0 Å². The van der Waals surface area contributed by atoms with Crippen molar-refractivity contribution >= 4 is 11.8 Å². The van der Waals surface area contributed by atoms with Crippen LogP contribution in [-0.4, -0.2) is 36.0 Å². The molecular weight excluding hydrogens is 306 g/mol. The molecule has 0 atom stereocenters. The summed E-state index contributed by atoms with van der Waals surface area (Å²) in [5, 5.41) is 13.6. The second kappa shape index (κ2) is 7.35. The van der Waals surface area contributed by atoms with Gasteiger partial charge in [-0.15, -0.1) is 0 Å². The third kappa shape index (κ3) is 3.68. The molecule has 2 amide bonds. The largest absolute Gasteiger partial charge is 0.497 e. The van der Waals surface area contributed by atoms with Gasteiger partial charge < -0.3 is 15.4 Å². The molecule has 0 bridgehead atoms. The standard InChI is InChI=1S/C17H23N5O2/c1-22-16(14-11-18-9-8-15(14)21-22)20-17(23)19-10-7-12-3-5-13(24-2)6-4-12/h3-6,18H,7-11H2,1-2H3,(H2,19,20,23). The van der Waals surface area contributed by atoms with E-state index in [0.29, 0.717) is 6.54 Å². The summed E-state index contributed by atoms with van der Waals surface area (Å²) in [6, 6.07) is 7.64. The van der Waals surface area contributed by atoms with Crippen molar-refractivity contribution in [1.29, 1.82) is 0 Å². The molecule has 0 radical (unpaired) electrons. The van der Waals surface area contributed by atoms with Gasteiger partial charge in [0.1, 0.15) is 11.6 Å². The van der Waals surface area contributed by atoms with Crippen LogP contribution < -0.4 is 20.7 Å². The summed E-state index contributed by atoms with van der Waals surface area (Å²) >= 11 is 0. The Labute approximate surface area is 141 Å². The van der Waals surface area contributed by atoms with Gasteiger partial charge in [-0.05, 0) is 24.1 Å². The van der Waals surface area contributed by atoms with Crippen molar-refractivity contribution in [1.82, 2.24) is 20.4 Å². The van der Waals surface area contributed by atoms with Gasteiger partial charge in [0.05, 0.1) is 12.8 Å². The molecule has 0 fully saturated rings. The summed E-state index contributed by atoms with van der Waals surface area (Å²) in [4.78, 5) is 12.1. The quantitative estimate of drug-likeness (QED) is 0.775. The molecule has 0 spiro atoms. The molecule has 2 heterocycles. The zero-order valence-electron chi connectivity index (χ0n) is 14.1. The summed E-state index contributed by atoms with van der Waals surface area (Å²) in [6.45, 7) is 2.23. The Morgan fingerprint density at radius 3 is 2.92 bits per heavy atom. The molecule has 7 nitrogen and oxygen atoms in total. The minimum atomic E-state index is -0.208. The highest BCUT2D eigenvalue weighted by molar-refractivity contribution is 5.89. The molecule has 0 saturated carbocycles. The highest BCUT2D eigenvalue weighted by Crippen LogP contribution is 2.21. The molecule has 128 valence electrons. The lowest BCUT2D eigenvalue weighted by Gasteiger charge is -2.14. The van der Waals surface area contributed by atoms with E-state index in [4.69, 9.17) is 4.74 Å². The Bertz CT molecular complexity index is 709. The number of fused-ring (bicyclic) bond motifs is 1. The molecule has 7 heteroatoms. The van der Waals surface area contributed by atoms with Gasteiger partial charge in [0.2, 0.25) is 0 Å². The lowest BCUT2D eigenvalue weighted by molar-refractivity contribution is 0.252.